The molecule has 0 saturated heterocycles. The molecule has 0 saturated carbocycles. The predicted molar refractivity (Wildman–Crippen MR) is 59.5 cm³/mol. The van der Waals surface area contributed by atoms with Gasteiger partial charge in [0.1, 0.15) is 11.6 Å². The number of ketones is 1. The van der Waals surface area contributed by atoms with Crippen molar-refractivity contribution >= 4 is 5.78 Å². The van der Waals surface area contributed by atoms with E-state index in [0.717, 1.165) is 18.8 Å². The number of imidazole rings is 1. The molecular formula is C11H19N3O. The van der Waals surface area contributed by atoms with Gasteiger partial charge in [-0.3, -0.25) is 4.79 Å². The van der Waals surface area contributed by atoms with E-state index in [9.17, 15) is 4.79 Å². The Morgan fingerprint density at radius 3 is 2.93 bits per heavy atom. The summed E-state index contributed by atoms with van der Waals surface area (Å²) in [5.41, 5.74) is 5.73. The maximum absolute atomic E-state index is 11.6. The van der Waals surface area contributed by atoms with E-state index < -0.39 is 0 Å². The van der Waals surface area contributed by atoms with Crippen molar-refractivity contribution in [3.8, 4) is 0 Å². The summed E-state index contributed by atoms with van der Waals surface area (Å²) >= 11 is 0. The molecule has 0 radical (unpaired) electrons. The number of carbonyl (C=O) groups is 1. The molecule has 4 heteroatoms. The van der Waals surface area contributed by atoms with Gasteiger partial charge in [0.25, 0.3) is 0 Å². The van der Waals surface area contributed by atoms with Crippen molar-refractivity contribution < 1.29 is 4.79 Å². The Morgan fingerprint density at radius 1 is 1.60 bits per heavy atom. The monoisotopic (exact) mass is 209 g/mol. The first kappa shape index (κ1) is 11.9. The molecule has 1 unspecified atom stereocenters. The largest absolute Gasteiger partial charge is 0.335 e. The standard InChI is InChI=1S/C11H19N3O/c1-3-9(12)7-10(15)8-11-13-5-6-14(11)4-2/h5-6,9H,3-4,7-8,12H2,1-2H3. The van der Waals surface area contributed by atoms with Crippen LogP contribution in [0.4, 0.5) is 0 Å². The number of hydrogen-bond acceptors (Lipinski definition) is 3. The van der Waals surface area contributed by atoms with Crippen LogP contribution in [0.5, 0.6) is 0 Å². The highest BCUT2D eigenvalue weighted by atomic mass is 16.1. The number of aromatic nitrogens is 2. The Bertz CT molecular complexity index is 319. The minimum absolute atomic E-state index is 0.0115. The molecule has 2 N–H and O–H groups in total. The third kappa shape index (κ3) is 3.47. The fourth-order valence-corrected chi connectivity index (χ4v) is 1.48. The molecule has 0 aliphatic carbocycles. The Hall–Kier alpha value is -1.16. The van der Waals surface area contributed by atoms with Crippen molar-refractivity contribution in [2.45, 2.75) is 45.7 Å². The van der Waals surface area contributed by atoms with Crippen LogP contribution in [0.1, 0.15) is 32.5 Å². The summed E-state index contributed by atoms with van der Waals surface area (Å²) in [7, 11) is 0. The molecule has 0 bridgehead atoms. The first-order valence-corrected chi connectivity index (χ1v) is 5.44. The molecule has 1 aromatic rings. The van der Waals surface area contributed by atoms with Gasteiger partial charge < -0.3 is 10.3 Å². The highest BCUT2D eigenvalue weighted by molar-refractivity contribution is 5.80. The molecule has 0 fully saturated rings. The summed E-state index contributed by atoms with van der Waals surface area (Å²) in [6.07, 6.45) is 5.31. The zero-order valence-electron chi connectivity index (χ0n) is 9.44. The van der Waals surface area contributed by atoms with Crippen molar-refractivity contribution in [3.63, 3.8) is 0 Å². The number of rotatable bonds is 6. The molecule has 1 rings (SSSR count). The first-order chi connectivity index (χ1) is 7.17. The molecular weight excluding hydrogens is 190 g/mol. The third-order valence-corrected chi connectivity index (χ3v) is 2.51. The van der Waals surface area contributed by atoms with Gasteiger partial charge in [0, 0.05) is 31.4 Å². The van der Waals surface area contributed by atoms with Crippen LogP contribution >= 0.6 is 0 Å². The molecule has 0 aliphatic rings. The molecule has 0 spiro atoms. The van der Waals surface area contributed by atoms with Crippen molar-refractivity contribution in [1.82, 2.24) is 9.55 Å². The minimum Gasteiger partial charge on any atom is -0.335 e. The third-order valence-electron chi connectivity index (χ3n) is 2.51. The minimum atomic E-state index is -0.0115. The highest BCUT2D eigenvalue weighted by Crippen LogP contribution is 2.03. The van der Waals surface area contributed by atoms with Gasteiger partial charge in [-0.1, -0.05) is 6.92 Å². The number of Topliss-reactive ketones (excluding diaryl/α,β-unsaturated/α-hetero) is 1. The number of nitrogens with zero attached hydrogens (tertiary/aromatic N) is 2. The molecule has 84 valence electrons. The van der Waals surface area contributed by atoms with Crippen LogP contribution in [-0.4, -0.2) is 21.4 Å². The lowest BCUT2D eigenvalue weighted by Crippen LogP contribution is -2.24. The molecule has 1 heterocycles. The van der Waals surface area contributed by atoms with Crippen LogP contribution in [0.2, 0.25) is 0 Å². The van der Waals surface area contributed by atoms with E-state index in [1.54, 1.807) is 6.20 Å². The Kier molecular flexibility index (Phi) is 4.49. The number of carbonyl (C=O) groups excluding carboxylic acids is 1. The lowest BCUT2D eigenvalue weighted by atomic mass is 10.1. The van der Waals surface area contributed by atoms with Crippen molar-refractivity contribution in [1.29, 1.82) is 0 Å². The van der Waals surface area contributed by atoms with Gasteiger partial charge in [-0.25, -0.2) is 4.98 Å². The SMILES string of the molecule is CCC(N)CC(=O)Cc1nccn1CC. The van der Waals surface area contributed by atoms with E-state index in [1.807, 2.05) is 24.6 Å². The van der Waals surface area contributed by atoms with Crippen LogP contribution in [0.25, 0.3) is 0 Å². The first-order valence-electron chi connectivity index (χ1n) is 5.44. The zero-order chi connectivity index (χ0) is 11.3. The Morgan fingerprint density at radius 2 is 2.33 bits per heavy atom. The van der Waals surface area contributed by atoms with Gasteiger partial charge in [0.05, 0.1) is 6.42 Å². The van der Waals surface area contributed by atoms with E-state index in [1.165, 1.54) is 0 Å². The van der Waals surface area contributed by atoms with Crippen molar-refractivity contribution in [3.05, 3.63) is 18.2 Å². The molecule has 1 aromatic heterocycles. The van der Waals surface area contributed by atoms with Gasteiger partial charge in [0.15, 0.2) is 0 Å². The van der Waals surface area contributed by atoms with Crippen LogP contribution in [0.3, 0.4) is 0 Å². The maximum atomic E-state index is 11.6. The molecule has 4 nitrogen and oxygen atoms in total. The van der Waals surface area contributed by atoms with Crippen molar-refractivity contribution in [2.24, 2.45) is 5.73 Å². The second kappa shape index (κ2) is 5.66. The average Bonchev–Trinajstić information content (AvgIpc) is 2.64. The summed E-state index contributed by atoms with van der Waals surface area (Å²) in [5, 5.41) is 0. The summed E-state index contributed by atoms with van der Waals surface area (Å²) in [5.74, 6) is 1.01. The Labute approximate surface area is 90.5 Å². The van der Waals surface area contributed by atoms with Gasteiger partial charge in [-0.2, -0.15) is 0 Å². The topological polar surface area (TPSA) is 60.9 Å². The summed E-state index contributed by atoms with van der Waals surface area (Å²) in [6, 6.07) is -0.0115. The van der Waals surface area contributed by atoms with Crippen LogP contribution in [-0.2, 0) is 17.8 Å². The average molecular weight is 209 g/mol. The van der Waals surface area contributed by atoms with Crippen LogP contribution in [0.15, 0.2) is 12.4 Å². The quantitative estimate of drug-likeness (QED) is 0.764. The highest BCUT2D eigenvalue weighted by Gasteiger charge is 2.11. The fraction of sp³-hybridized carbons (Fsp3) is 0.636. The zero-order valence-corrected chi connectivity index (χ0v) is 9.44. The van der Waals surface area contributed by atoms with E-state index in [0.29, 0.717) is 12.8 Å². The summed E-state index contributed by atoms with van der Waals surface area (Å²) in [6.45, 7) is 4.88. The lowest BCUT2D eigenvalue weighted by Gasteiger charge is -2.08. The van der Waals surface area contributed by atoms with Gasteiger partial charge >= 0.3 is 0 Å². The number of aryl methyl sites for hydroxylation is 1. The molecule has 15 heavy (non-hydrogen) atoms. The van der Waals surface area contributed by atoms with Gasteiger partial charge in [0.2, 0.25) is 0 Å². The smallest absolute Gasteiger partial charge is 0.141 e. The summed E-state index contributed by atoms with van der Waals surface area (Å²) in [4.78, 5) is 15.8. The van der Waals surface area contributed by atoms with E-state index in [4.69, 9.17) is 5.73 Å². The van der Waals surface area contributed by atoms with Crippen molar-refractivity contribution in [2.75, 3.05) is 0 Å². The van der Waals surface area contributed by atoms with Gasteiger partial charge in [-0.05, 0) is 13.3 Å². The lowest BCUT2D eigenvalue weighted by molar-refractivity contribution is -0.118. The Balaban J connectivity index is 2.51. The number of hydrogen-bond donors (Lipinski definition) is 1. The van der Waals surface area contributed by atoms with E-state index >= 15 is 0 Å². The normalized spacial score (nSPS) is 12.7. The molecule has 1 atom stereocenters. The maximum Gasteiger partial charge on any atom is 0.141 e. The van der Waals surface area contributed by atoms with E-state index in [-0.39, 0.29) is 11.8 Å². The number of nitrogens with two attached hydrogens (primary N) is 1. The van der Waals surface area contributed by atoms with E-state index in [2.05, 4.69) is 4.98 Å². The van der Waals surface area contributed by atoms with Crippen LogP contribution in [0, 0.1) is 0 Å². The summed E-state index contributed by atoms with van der Waals surface area (Å²) < 4.78 is 1.98. The van der Waals surface area contributed by atoms with Crippen LogP contribution < -0.4 is 5.73 Å². The second-order valence-corrected chi connectivity index (χ2v) is 3.72. The molecule has 0 aliphatic heterocycles. The van der Waals surface area contributed by atoms with Gasteiger partial charge in [-0.15, -0.1) is 0 Å². The molecule has 0 amide bonds. The molecule has 0 aromatic carbocycles. The second-order valence-electron chi connectivity index (χ2n) is 3.72. The fourth-order valence-electron chi connectivity index (χ4n) is 1.48. The predicted octanol–water partition coefficient (Wildman–Crippen LogP) is 1.14.